The molecular weight excluding hydrogens is 316 g/mol. The molecule has 130 valence electrons. The Labute approximate surface area is 144 Å². The second-order valence-electron chi connectivity index (χ2n) is 6.01. The molecule has 2 unspecified atom stereocenters. The van der Waals surface area contributed by atoms with Crippen molar-refractivity contribution in [3.05, 3.63) is 24.3 Å². The maximum Gasteiger partial charge on any atom is 0.221 e. The van der Waals surface area contributed by atoms with Crippen LogP contribution in [0.5, 0.6) is 5.75 Å². The van der Waals surface area contributed by atoms with Crippen molar-refractivity contribution in [3.8, 4) is 5.75 Å². The first-order valence-corrected chi connectivity index (χ1v) is 7.97. The average molecular weight is 342 g/mol. The second-order valence-corrected chi connectivity index (χ2v) is 6.01. The summed E-state index contributed by atoms with van der Waals surface area (Å²) in [6.07, 6.45) is 3.21. The number of likely N-dealkylation sites (tertiary alicyclic amines) is 1. The van der Waals surface area contributed by atoms with Gasteiger partial charge in [-0.3, -0.25) is 9.69 Å². The van der Waals surface area contributed by atoms with Gasteiger partial charge in [0.1, 0.15) is 18.5 Å². The third kappa shape index (κ3) is 6.77. The maximum atomic E-state index is 10.9. The summed E-state index contributed by atoms with van der Waals surface area (Å²) in [5, 5.41) is 12.8. The molecule has 1 aliphatic heterocycles. The molecule has 1 amide bonds. The number of aliphatic hydroxyl groups is 1. The molecule has 23 heavy (non-hydrogen) atoms. The molecule has 2 N–H and O–H groups in total. The number of benzene rings is 1. The van der Waals surface area contributed by atoms with Crippen molar-refractivity contribution in [1.82, 2.24) is 4.90 Å². The third-order valence-electron chi connectivity index (χ3n) is 4.00. The quantitative estimate of drug-likeness (QED) is 0.716. The topological polar surface area (TPSA) is 61.8 Å². The summed E-state index contributed by atoms with van der Waals surface area (Å²) in [5.74, 6) is 0.597. The Bertz CT molecular complexity index is 481. The molecule has 0 spiro atoms. The normalized spacial score (nSPS) is 19.5. The lowest BCUT2D eigenvalue weighted by Gasteiger charge is -2.34. The van der Waals surface area contributed by atoms with Gasteiger partial charge in [-0.05, 0) is 50.6 Å². The van der Waals surface area contributed by atoms with E-state index in [2.05, 4.69) is 17.1 Å². The van der Waals surface area contributed by atoms with Crippen LogP contribution in [0.1, 0.15) is 33.1 Å². The van der Waals surface area contributed by atoms with Crippen LogP contribution in [-0.2, 0) is 4.79 Å². The number of carbonyl (C=O) groups is 1. The van der Waals surface area contributed by atoms with E-state index in [0.717, 1.165) is 12.2 Å². The van der Waals surface area contributed by atoms with Gasteiger partial charge >= 0.3 is 0 Å². The number of aliphatic hydroxyl groups excluding tert-OH is 1. The summed E-state index contributed by atoms with van der Waals surface area (Å²) in [7, 11) is 0. The zero-order chi connectivity index (χ0) is 15.9. The van der Waals surface area contributed by atoms with Crippen LogP contribution in [0.4, 0.5) is 5.69 Å². The third-order valence-corrected chi connectivity index (χ3v) is 4.00. The molecule has 5 nitrogen and oxygen atoms in total. The summed E-state index contributed by atoms with van der Waals surface area (Å²) in [6, 6.07) is 7.70. The molecule has 2 atom stereocenters. The monoisotopic (exact) mass is 341 g/mol. The predicted octanol–water partition coefficient (Wildman–Crippen LogP) is -0.737. The summed E-state index contributed by atoms with van der Waals surface area (Å²) in [6.45, 7) is 5.69. The van der Waals surface area contributed by atoms with E-state index >= 15 is 0 Å². The number of rotatable bonds is 6. The molecule has 0 saturated carbocycles. The SMILES string of the molecule is CC(=O)Nc1ccc(OCC(O)CN2CCCCC2C)cc1.[Cl-]. The van der Waals surface area contributed by atoms with Crippen molar-refractivity contribution < 1.29 is 27.0 Å². The highest BCUT2D eigenvalue weighted by atomic mass is 35.5. The van der Waals surface area contributed by atoms with Gasteiger partial charge in [0.05, 0.1) is 0 Å². The molecule has 1 aromatic rings. The average Bonchev–Trinajstić information content (AvgIpc) is 2.48. The first-order chi connectivity index (χ1) is 10.5. The Morgan fingerprint density at radius 1 is 1.39 bits per heavy atom. The molecule has 1 fully saturated rings. The van der Waals surface area contributed by atoms with Crippen LogP contribution in [0.25, 0.3) is 0 Å². The Morgan fingerprint density at radius 2 is 2.09 bits per heavy atom. The number of carbonyl (C=O) groups excluding carboxylic acids is 1. The lowest BCUT2D eigenvalue weighted by molar-refractivity contribution is -0.114. The van der Waals surface area contributed by atoms with Crippen LogP contribution >= 0.6 is 0 Å². The summed E-state index contributed by atoms with van der Waals surface area (Å²) in [4.78, 5) is 13.3. The van der Waals surface area contributed by atoms with Gasteiger partial charge in [-0.25, -0.2) is 0 Å². The van der Waals surface area contributed by atoms with E-state index in [0.29, 0.717) is 18.3 Å². The number of anilines is 1. The highest BCUT2D eigenvalue weighted by Crippen LogP contribution is 2.18. The molecule has 1 aliphatic rings. The molecule has 6 heteroatoms. The fourth-order valence-electron chi connectivity index (χ4n) is 2.78. The van der Waals surface area contributed by atoms with Crippen molar-refractivity contribution in [1.29, 1.82) is 0 Å². The van der Waals surface area contributed by atoms with Crippen LogP contribution in [0.2, 0.25) is 0 Å². The van der Waals surface area contributed by atoms with Gasteiger partial charge in [-0.2, -0.15) is 0 Å². The fraction of sp³-hybridized carbons (Fsp3) is 0.588. The number of piperidine rings is 1. The zero-order valence-electron chi connectivity index (χ0n) is 13.8. The van der Waals surface area contributed by atoms with E-state index in [9.17, 15) is 9.90 Å². The van der Waals surface area contributed by atoms with Gasteiger partial charge in [0.25, 0.3) is 0 Å². The van der Waals surface area contributed by atoms with E-state index in [-0.39, 0.29) is 24.9 Å². The van der Waals surface area contributed by atoms with Crippen LogP contribution < -0.4 is 22.5 Å². The molecule has 0 aromatic heterocycles. The lowest BCUT2D eigenvalue weighted by Crippen LogP contribution is -3.00. The van der Waals surface area contributed by atoms with Crippen molar-refractivity contribution in [2.75, 3.05) is 25.0 Å². The number of hydrogen-bond acceptors (Lipinski definition) is 4. The van der Waals surface area contributed by atoms with Crippen LogP contribution in [0.3, 0.4) is 0 Å². The Balaban J connectivity index is 0.00000264. The summed E-state index contributed by atoms with van der Waals surface area (Å²) < 4.78 is 5.62. The summed E-state index contributed by atoms with van der Waals surface area (Å²) >= 11 is 0. The van der Waals surface area contributed by atoms with Gasteiger partial charge < -0.3 is 27.6 Å². The highest BCUT2D eigenvalue weighted by molar-refractivity contribution is 5.88. The fourth-order valence-corrected chi connectivity index (χ4v) is 2.78. The minimum Gasteiger partial charge on any atom is -1.00 e. The van der Waals surface area contributed by atoms with Crippen LogP contribution in [0, 0.1) is 0 Å². The van der Waals surface area contributed by atoms with Gasteiger partial charge in [0.2, 0.25) is 5.91 Å². The molecule has 1 heterocycles. The predicted molar refractivity (Wildman–Crippen MR) is 87.1 cm³/mol. The molecule has 0 aliphatic carbocycles. The minimum atomic E-state index is -0.490. The molecule has 1 aromatic carbocycles. The van der Waals surface area contributed by atoms with E-state index in [1.54, 1.807) is 24.3 Å². The molecular formula is C17H26ClN2O3-. The number of nitrogens with one attached hydrogen (secondary N) is 1. The standard InChI is InChI=1S/C17H26N2O3.ClH/c1-13-5-3-4-10-19(13)11-16(21)12-22-17-8-6-15(7-9-17)18-14(2)20;/h6-9,13,16,21H,3-5,10-12H2,1-2H3,(H,18,20);1H/p-1. The number of nitrogens with zero attached hydrogens (tertiary/aromatic N) is 1. The highest BCUT2D eigenvalue weighted by Gasteiger charge is 2.20. The lowest BCUT2D eigenvalue weighted by atomic mass is 10.0. The number of hydrogen-bond donors (Lipinski definition) is 2. The zero-order valence-corrected chi connectivity index (χ0v) is 14.6. The maximum absolute atomic E-state index is 10.9. The van der Waals surface area contributed by atoms with E-state index in [4.69, 9.17) is 4.74 Å². The Hall–Kier alpha value is -1.30. The minimum absolute atomic E-state index is 0. The smallest absolute Gasteiger partial charge is 0.221 e. The number of β-amino-alcohol motifs (C(OH)–C–C–N with tert-alkyl or cyclic N) is 1. The van der Waals surface area contributed by atoms with Crippen molar-refractivity contribution >= 4 is 11.6 Å². The van der Waals surface area contributed by atoms with E-state index in [1.807, 2.05) is 0 Å². The number of amides is 1. The molecule has 0 radical (unpaired) electrons. The molecule has 0 bridgehead atoms. The van der Waals surface area contributed by atoms with Crippen molar-refractivity contribution in [2.45, 2.75) is 45.3 Å². The van der Waals surface area contributed by atoms with Crippen molar-refractivity contribution in [2.24, 2.45) is 0 Å². The summed E-state index contributed by atoms with van der Waals surface area (Å²) in [5.41, 5.74) is 0.738. The van der Waals surface area contributed by atoms with E-state index < -0.39 is 6.10 Å². The van der Waals surface area contributed by atoms with Crippen LogP contribution in [0.15, 0.2) is 24.3 Å². The van der Waals surface area contributed by atoms with Crippen LogP contribution in [-0.4, -0.2) is 47.8 Å². The Kier molecular flexibility index (Phi) is 8.37. The second kappa shape index (κ2) is 9.75. The Morgan fingerprint density at radius 3 is 2.70 bits per heavy atom. The van der Waals surface area contributed by atoms with Gasteiger partial charge in [-0.1, -0.05) is 6.42 Å². The van der Waals surface area contributed by atoms with Gasteiger partial charge in [0.15, 0.2) is 0 Å². The van der Waals surface area contributed by atoms with E-state index in [1.165, 1.54) is 26.2 Å². The molecule has 2 rings (SSSR count). The first kappa shape index (κ1) is 19.7. The van der Waals surface area contributed by atoms with Gasteiger partial charge in [-0.15, -0.1) is 0 Å². The van der Waals surface area contributed by atoms with Crippen molar-refractivity contribution in [3.63, 3.8) is 0 Å². The largest absolute Gasteiger partial charge is 1.00 e. The van der Waals surface area contributed by atoms with Gasteiger partial charge in [0, 0.05) is 25.2 Å². The number of halogens is 1. The molecule has 1 saturated heterocycles. The first-order valence-electron chi connectivity index (χ1n) is 7.97. The number of ether oxygens (including phenoxy) is 1.